The van der Waals surface area contributed by atoms with Crippen LogP contribution in [0, 0.1) is 11.3 Å². The largest absolute Gasteiger partial charge is 0.323 e. The van der Waals surface area contributed by atoms with Gasteiger partial charge in [0.1, 0.15) is 12.2 Å². The minimum Gasteiger partial charge on any atom is -0.323 e. The van der Waals surface area contributed by atoms with E-state index in [2.05, 4.69) is 34.6 Å². The molecule has 4 heteroatoms. The second-order valence-electron chi connectivity index (χ2n) is 6.76. The summed E-state index contributed by atoms with van der Waals surface area (Å²) in [6.07, 6.45) is 0.584. The highest BCUT2D eigenvalue weighted by molar-refractivity contribution is 5.90. The van der Waals surface area contributed by atoms with Gasteiger partial charge in [-0.25, -0.2) is 0 Å². The van der Waals surface area contributed by atoms with Gasteiger partial charge in [0.15, 0.2) is 0 Å². The van der Waals surface area contributed by atoms with Crippen LogP contribution in [-0.2, 0) is 9.59 Å². The summed E-state index contributed by atoms with van der Waals surface area (Å²) in [7, 11) is 1.80. The van der Waals surface area contributed by atoms with Crippen LogP contribution >= 0.6 is 0 Å². The molecular weight excluding hydrogens is 228 g/mol. The first-order valence-corrected chi connectivity index (χ1v) is 6.63. The molecule has 1 aliphatic rings. The zero-order chi connectivity index (χ0) is 14.2. The zero-order valence-corrected chi connectivity index (χ0v) is 12.7. The van der Waals surface area contributed by atoms with Crippen LogP contribution in [0.15, 0.2) is 0 Å². The summed E-state index contributed by atoms with van der Waals surface area (Å²) in [5, 5.41) is 0. The molecule has 1 heterocycles. The second kappa shape index (κ2) is 4.90. The topological polar surface area (TPSA) is 40.6 Å². The summed E-state index contributed by atoms with van der Waals surface area (Å²) in [4.78, 5) is 27.8. The highest BCUT2D eigenvalue weighted by Gasteiger charge is 2.50. The molecule has 0 radical (unpaired) electrons. The number of carbonyl (C=O) groups excluding carboxylic acids is 2. The van der Waals surface area contributed by atoms with Crippen LogP contribution in [0.25, 0.3) is 0 Å². The van der Waals surface area contributed by atoms with E-state index < -0.39 is 0 Å². The molecule has 4 nitrogen and oxygen atoms in total. The van der Waals surface area contributed by atoms with Crippen LogP contribution in [0.3, 0.4) is 0 Å². The Bertz CT molecular complexity index is 344. The van der Waals surface area contributed by atoms with Crippen molar-refractivity contribution in [3.05, 3.63) is 0 Å². The fourth-order valence-electron chi connectivity index (χ4n) is 2.88. The van der Waals surface area contributed by atoms with E-state index in [4.69, 9.17) is 0 Å². The fourth-order valence-corrected chi connectivity index (χ4v) is 2.88. The van der Waals surface area contributed by atoms with E-state index in [9.17, 15) is 9.59 Å². The lowest BCUT2D eigenvalue weighted by Gasteiger charge is -2.38. The minimum absolute atomic E-state index is 0.0155. The lowest BCUT2D eigenvalue weighted by Crippen LogP contribution is -2.50. The molecule has 0 aromatic heterocycles. The van der Waals surface area contributed by atoms with Crippen LogP contribution in [-0.4, -0.2) is 40.9 Å². The second-order valence-corrected chi connectivity index (χ2v) is 6.76. The third kappa shape index (κ3) is 2.68. The maximum absolute atomic E-state index is 12.3. The minimum atomic E-state index is -0.295. The quantitative estimate of drug-likeness (QED) is 0.757. The molecule has 0 aromatic rings. The molecular formula is C14H26N2O2. The Morgan fingerprint density at radius 2 is 1.83 bits per heavy atom. The van der Waals surface area contributed by atoms with E-state index in [0.717, 1.165) is 6.42 Å². The highest BCUT2D eigenvalue weighted by atomic mass is 16.2. The van der Waals surface area contributed by atoms with Gasteiger partial charge in [-0.2, -0.15) is 0 Å². The summed E-state index contributed by atoms with van der Waals surface area (Å²) in [5.41, 5.74) is -0.137. The predicted octanol–water partition coefficient (Wildman–Crippen LogP) is 2.09. The maximum atomic E-state index is 12.3. The Balaban J connectivity index is 3.13. The molecule has 1 unspecified atom stereocenters. The molecule has 2 atom stereocenters. The van der Waals surface area contributed by atoms with Gasteiger partial charge in [-0.05, 0) is 12.3 Å². The van der Waals surface area contributed by atoms with Gasteiger partial charge in [-0.1, -0.05) is 34.6 Å². The van der Waals surface area contributed by atoms with E-state index >= 15 is 0 Å². The molecule has 2 amide bonds. The summed E-state index contributed by atoms with van der Waals surface area (Å²) in [6.45, 7) is 11.9. The molecule has 104 valence electrons. The summed E-state index contributed by atoms with van der Waals surface area (Å²) in [6, 6.07) is -0.295. The van der Waals surface area contributed by atoms with Gasteiger partial charge in [-0.3, -0.25) is 9.59 Å². The third-order valence-corrected chi connectivity index (χ3v) is 3.43. The van der Waals surface area contributed by atoms with Gasteiger partial charge >= 0.3 is 0 Å². The Labute approximate surface area is 110 Å². The standard InChI is InChI=1S/C14H26N2O2/c1-9(2)8-11-12(18)15(7)13(14(4,5)6)16(11)10(3)17/h9,11,13H,8H2,1-7H3/t11?,13-/m0/s1. The van der Waals surface area contributed by atoms with Gasteiger partial charge in [0.2, 0.25) is 11.8 Å². The van der Waals surface area contributed by atoms with Crippen molar-refractivity contribution in [1.82, 2.24) is 9.80 Å². The molecule has 0 aromatic carbocycles. The van der Waals surface area contributed by atoms with Crippen molar-refractivity contribution in [2.75, 3.05) is 7.05 Å². The number of hydrogen-bond acceptors (Lipinski definition) is 2. The lowest BCUT2D eigenvalue weighted by molar-refractivity contribution is -0.136. The smallest absolute Gasteiger partial charge is 0.246 e. The van der Waals surface area contributed by atoms with E-state index in [0.29, 0.717) is 5.92 Å². The maximum Gasteiger partial charge on any atom is 0.246 e. The summed E-state index contributed by atoms with van der Waals surface area (Å²) in [5.74, 6) is 0.449. The molecule has 0 spiro atoms. The molecule has 1 aliphatic heterocycles. The van der Waals surface area contributed by atoms with Crippen molar-refractivity contribution in [2.24, 2.45) is 11.3 Å². The number of likely N-dealkylation sites (N-methyl/N-ethyl adjacent to an activating group) is 1. The predicted molar refractivity (Wildman–Crippen MR) is 71.8 cm³/mol. The van der Waals surface area contributed by atoms with Crippen molar-refractivity contribution in [3.63, 3.8) is 0 Å². The molecule has 18 heavy (non-hydrogen) atoms. The van der Waals surface area contributed by atoms with Crippen molar-refractivity contribution < 1.29 is 9.59 Å². The number of amides is 2. The van der Waals surface area contributed by atoms with Crippen LogP contribution in [0.1, 0.15) is 48.0 Å². The molecule has 0 N–H and O–H groups in total. The first-order valence-electron chi connectivity index (χ1n) is 6.63. The average Bonchev–Trinajstić information content (AvgIpc) is 2.40. The average molecular weight is 254 g/mol. The number of hydrogen-bond donors (Lipinski definition) is 0. The molecule has 1 fully saturated rings. The van der Waals surface area contributed by atoms with Gasteiger partial charge in [-0.15, -0.1) is 0 Å². The van der Waals surface area contributed by atoms with Crippen LogP contribution in [0.2, 0.25) is 0 Å². The van der Waals surface area contributed by atoms with E-state index in [1.807, 2.05) is 0 Å². The van der Waals surface area contributed by atoms with E-state index in [1.54, 1.807) is 23.8 Å². The molecule has 0 bridgehead atoms. The van der Waals surface area contributed by atoms with Gasteiger partial charge in [0, 0.05) is 19.4 Å². The van der Waals surface area contributed by atoms with Crippen LogP contribution in [0.4, 0.5) is 0 Å². The summed E-state index contributed by atoms with van der Waals surface area (Å²) >= 11 is 0. The lowest BCUT2D eigenvalue weighted by atomic mass is 9.90. The first-order chi connectivity index (χ1) is 8.07. The zero-order valence-electron chi connectivity index (χ0n) is 12.7. The third-order valence-electron chi connectivity index (χ3n) is 3.43. The van der Waals surface area contributed by atoms with Crippen LogP contribution in [0.5, 0.6) is 0 Å². The van der Waals surface area contributed by atoms with E-state index in [-0.39, 0.29) is 29.4 Å². The van der Waals surface area contributed by atoms with Gasteiger partial charge in [0.05, 0.1) is 0 Å². The van der Waals surface area contributed by atoms with Gasteiger partial charge in [0.25, 0.3) is 0 Å². The van der Waals surface area contributed by atoms with Crippen molar-refractivity contribution >= 4 is 11.8 Å². The SMILES string of the molecule is CC(=O)N1C(CC(C)C)C(=O)N(C)[C@@H]1C(C)(C)C. The number of carbonyl (C=O) groups is 2. The number of rotatable bonds is 2. The van der Waals surface area contributed by atoms with E-state index in [1.165, 1.54) is 0 Å². The summed E-state index contributed by atoms with van der Waals surface area (Å²) < 4.78 is 0. The Morgan fingerprint density at radius 3 is 2.17 bits per heavy atom. The Kier molecular flexibility index (Phi) is 4.08. The first kappa shape index (κ1) is 15.0. The molecule has 1 saturated heterocycles. The number of nitrogens with zero attached hydrogens (tertiary/aromatic N) is 2. The fraction of sp³-hybridized carbons (Fsp3) is 0.857. The highest BCUT2D eigenvalue weighted by Crippen LogP contribution is 2.35. The van der Waals surface area contributed by atoms with Gasteiger partial charge < -0.3 is 9.80 Å². The van der Waals surface area contributed by atoms with Crippen molar-refractivity contribution in [1.29, 1.82) is 0 Å². The Morgan fingerprint density at radius 1 is 1.33 bits per heavy atom. The van der Waals surface area contributed by atoms with Crippen LogP contribution < -0.4 is 0 Å². The monoisotopic (exact) mass is 254 g/mol. The normalized spacial score (nSPS) is 25.2. The molecule has 0 saturated carbocycles. The Hall–Kier alpha value is -1.06. The molecule has 0 aliphatic carbocycles. The van der Waals surface area contributed by atoms with Crippen molar-refractivity contribution in [2.45, 2.75) is 60.2 Å². The molecule has 1 rings (SSSR count). The van der Waals surface area contributed by atoms with Crippen molar-refractivity contribution in [3.8, 4) is 0 Å².